The van der Waals surface area contributed by atoms with Crippen molar-refractivity contribution in [3.8, 4) is 0 Å². The number of nitro groups is 1. The normalized spacial score (nSPS) is 24.2. The number of nitro benzene ring substituents is 1. The minimum atomic E-state index is -0.346. The van der Waals surface area contributed by atoms with Crippen LogP contribution in [0.3, 0.4) is 0 Å². The Morgan fingerprint density at radius 1 is 1.12 bits per heavy atom. The number of fused-ring (bicyclic) bond motifs is 3. The van der Waals surface area contributed by atoms with E-state index in [2.05, 4.69) is 43.4 Å². The Hall–Kier alpha value is -2.62. The molecular weight excluding hydrogens is 300 g/mol. The lowest BCUT2D eigenvalue weighted by atomic mass is 9.76. The molecule has 4 rings (SSSR count). The van der Waals surface area contributed by atoms with Crippen LogP contribution >= 0.6 is 0 Å². The van der Waals surface area contributed by atoms with Gasteiger partial charge in [-0.2, -0.15) is 0 Å². The first-order valence-corrected chi connectivity index (χ1v) is 8.34. The van der Waals surface area contributed by atoms with Crippen molar-refractivity contribution in [3.63, 3.8) is 0 Å². The van der Waals surface area contributed by atoms with Gasteiger partial charge in [0.1, 0.15) is 0 Å². The van der Waals surface area contributed by atoms with E-state index in [9.17, 15) is 10.1 Å². The Labute approximate surface area is 141 Å². The maximum absolute atomic E-state index is 10.9. The fourth-order valence-electron chi connectivity index (χ4n) is 4.05. The molecule has 4 heteroatoms. The van der Waals surface area contributed by atoms with Crippen molar-refractivity contribution in [1.29, 1.82) is 0 Å². The molecule has 1 aliphatic carbocycles. The third-order valence-electron chi connectivity index (χ3n) is 5.53. The summed E-state index contributed by atoms with van der Waals surface area (Å²) < 4.78 is 0. The Kier molecular flexibility index (Phi) is 3.41. The molecule has 3 atom stereocenters. The van der Waals surface area contributed by atoms with Gasteiger partial charge in [-0.1, -0.05) is 36.4 Å². The van der Waals surface area contributed by atoms with E-state index in [1.807, 2.05) is 12.1 Å². The van der Waals surface area contributed by atoms with E-state index < -0.39 is 0 Å². The van der Waals surface area contributed by atoms with Crippen LogP contribution in [0.5, 0.6) is 0 Å². The Balaban J connectivity index is 1.77. The summed E-state index contributed by atoms with van der Waals surface area (Å²) in [5.41, 5.74) is 6.43. The first-order valence-electron chi connectivity index (χ1n) is 8.34. The van der Waals surface area contributed by atoms with Gasteiger partial charge in [-0.25, -0.2) is 0 Å². The van der Waals surface area contributed by atoms with Crippen molar-refractivity contribution >= 4 is 11.4 Å². The van der Waals surface area contributed by atoms with E-state index >= 15 is 0 Å². The summed E-state index contributed by atoms with van der Waals surface area (Å²) >= 11 is 0. The summed E-state index contributed by atoms with van der Waals surface area (Å²) in [6, 6.07) is 11.6. The molecule has 0 amide bonds. The van der Waals surface area contributed by atoms with E-state index in [0.717, 1.165) is 12.0 Å². The highest BCUT2D eigenvalue weighted by Gasteiger charge is 2.38. The molecule has 1 heterocycles. The smallest absolute Gasteiger partial charge is 0.269 e. The molecule has 1 N–H and O–H groups in total. The standard InChI is InChI=1S/C20H20N2O2/c1-12-6-11-18-16-4-3-5-17(16)20(21-19(18)13(12)2)14-7-9-15(10-8-14)22(23)24/h3-4,6-11,16-17,20-21H,5H2,1-2H3/t16-,17+,20-/m0/s1. The fourth-order valence-corrected chi connectivity index (χ4v) is 4.05. The van der Waals surface area contributed by atoms with E-state index in [1.54, 1.807) is 12.1 Å². The highest BCUT2D eigenvalue weighted by molar-refractivity contribution is 5.65. The fraction of sp³-hybridized carbons (Fsp3) is 0.300. The molecule has 2 aromatic carbocycles. The van der Waals surface area contributed by atoms with E-state index in [4.69, 9.17) is 0 Å². The zero-order valence-electron chi connectivity index (χ0n) is 13.8. The average Bonchev–Trinajstić information content (AvgIpc) is 3.07. The zero-order valence-corrected chi connectivity index (χ0v) is 13.8. The van der Waals surface area contributed by atoms with E-state index in [0.29, 0.717) is 11.8 Å². The lowest BCUT2D eigenvalue weighted by molar-refractivity contribution is -0.384. The maximum Gasteiger partial charge on any atom is 0.269 e. The quantitative estimate of drug-likeness (QED) is 0.479. The molecule has 2 aliphatic rings. The summed E-state index contributed by atoms with van der Waals surface area (Å²) in [6.07, 6.45) is 5.61. The van der Waals surface area contributed by atoms with Gasteiger partial charge < -0.3 is 5.32 Å². The van der Waals surface area contributed by atoms with Crippen molar-refractivity contribution in [2.75, 3.05) is 5.32 Å². The van der Waals surface area contributed by atoms with E-state index in [-0.39, 0.29) is 16.7 Å². The molecule has 0 fully saturated rings. The van der Waals surface area contributed by atoms with Crippen LogP contribution in [-0.2, 0) is 0 Å². The van der Waals surface area contributed by atoms with Gasteiger partial charge in [-0.15, -0.1) is 0 Å². The number of hydrogen-bond donors (Lipinski definition) is 1. The zero-order chi connectivity index (χ0) is 16.8. The first kappa shape index (κ1) is 14.9. The maximum atomic E-state index is 10.9. The molecular formula is C20H20N2O2. The van der Waals surface area contributed by atoms with Crippen LogP contribution in [0.15, 0.2) is 48.6 Å². The Morgan fingerprint density at radius 2 is 1.88 bits per heavy atom. The van der Waals surface area contributed by atoms with Gasteiger partial charge in [0.2, 0.25) is 0 Å². The summed E-state index contributed by atoms with van der Waals surface area (Å²) in [4.78, 5) is 10.6. The van der Waals surface area contributed by atoms with Crippen molar-refractivity contribution in [3.05, 3.63) is 80.9 Å². The van der Waals surface area contributed by atoms with Crippen LogP contribution in [0.25, 0.3) is 0 Å². The highest BCUT2D eigenvalue weighted by Crippen LogP contribution is 2.50. The number of rotatable bonds is 2. The lowest BCUT2D eigenvalue weighted by Crippen LogP contribution is -2.29. The van der Waals surface area contributed by atoms with Crippen molar-refractivity contribution in [2.45, 2.75) is 32.2 Å². The van der Waals surface area contributed by atoms with Gasteiger partial charge in [-0.3, -0.25) is 10.1 Å². The van der Waals surface area contributed by atoms with Crippen LogP contribution in [0.1, 0.15) is 40.6 Å². The Morgan fingerprint density at radius 3 is 2.58 bits per heavy atom. The molecule has 24 heavy (non-hydrogen) atoms. The second kappa shape index (κ2) is 5.48. The molecule has 1 aliphatic heterocycles. The van der Waals surface area contributed by atoms with Gasteiger partial charge in [-0.05, 0) is 48.4 Å². The molecule has 0 unspecified atom stereocenters. The molecule has 122 valence electrons. The second-order valence-corrected chi connectivity index (χ2v) is 6.80. The van der Waals surface area contributed by atoms with Gasteiger partial charge in [0.25, 0.3) is 5.69 Å². The van der Waals surface area contributed by atoms with Crippen molar-refractivity contribution in [2.24, 2.45) is 5.92 Å². The van der Waals surface area contributed by atoms with Crippen LogP contribution in [0.4, 0.5) is 11.4 Å². The molecule has 2 aromatic rings. The number of allylic oxidation sites excluding steroid dienone is 2. The number of hydrogen-bond acceptors (Lipinski definition) is 3. The monoisotopic (exact) mass is 320 g/mol. The van der Waals surface area contributed by atoms with Crippen molar-refractivity contribution < 1.29 is 4.92 Å². The van der Waals surface area contributed by atoms with Crippen LogP contribution in [0, 0.1) is 29.9 Å². The van der Waals surface area contributed by atoms with Crippen LogP contribution in [-0.4, -0.2) is 4.92 Å². The minimum absolute atomic E-state index is 0.142. The number of non-ortho nitro benzene ring substituents is 1. The molecule has 0 bridgehead atoms. The minimum Gasteiger partial charge on any atom is -0.377 e. The number of nitrogens with one attached hydrogen (secondary N) is 1. The molecule has 0 aromatic heterocycles. The van der Waals surface area contributed by atoms with E-state index in [1.165, 1.54) is 22.4 Å². The molecule has 0 saturated carbocycles. The summed E-state index contributed by atoms with van der Waals surface area (Å²) in [5, 5.41) is 14.6. The van der Waals surface area contributed by atoms with Crippen molar-refractivity contribution in [1.82, 2.24) is 0 Å². The first-order chi connectivity index (χ1) is 11.6. The molecule has 0 spiro atoms. The van der Waals surface area contributed by atoms with Gasteiger partial charge in [0, 0.05) is 23.7 Å². The summed E-state index contributed by atoms with van der Waals surface area (Å²) in [5.74, 6) is 0.877. The molecule has 0 radical (unpaired) electrons. The summed E-state index contributed by atoms with van der Waals surface area (Å²) in [6.45, 7) is 4.29. The second-order valence-electron chi connectivity index (χ2n) is 6.80. The Bertz CT molecular complexity index is 839. The number of aryl methyl sites for hydroxylation is 1. The number of anilines is 1. The lowest BCUT2D eigenvalue weighted by Gasteiger charge is -2.38. The van der Waals surface area contributed by atoms with Gasteiger partial charge in [0.05, 0.1) is 11.0 Å². The third-order valence-corrected chi connectivity index (χ3v) is 5.53. The predicted octanol–water partition coefficient (Wildman–Crippen LogP) is 5.04. The third kappa shape index (κ3) is 2.21. The largest absolute Gasteiger partial charge is 0.377 e. The average molecular weight is 320 g/mol. The SMILES string of the molecule is Cc1ccc2c(c1C)N[C@@H](c1ccc([N+](=O)[O-])cc1)[C@@H]1CC=C[C@H]21. The number of nitrogens with zero attached hydrogens (tertiary/aromatic N) is 1. The highest BCUT2D eigenvalue weighted by atomic mass is 16.6. The van der Waals surface area contributed by atoms with Gasteiger partial charge in [0.15, 0.2) is 0 Å². The number of benzene rings is 2. The topological polar surface area (TPSA) is 55.2 Å². The van der Waals surface area contributed by atoms with Gasteiger partial charge >= 0.3 is 0 Å². The molecule has 0 saturated heterocycles. The summed E-state index contributed by atoms with van der Waals surface area (Å²) in [7, 11) is 0. The molecule has 4 nitrogen and oxygen atoms in total. The van der Waals surface area contributed by atoms with Crippen LogP contribution < -0.4 is 5.32 Å². The van der Waals surface area contributed by atoms with Crippen LogP contribution in [0.2, 0.25) is 0 Å². The predicted molar refractivity (Wildman–Crippen MR) is 95.4 cm³/mol.